The fraction of sp³-hybridized carbons (Fsp3) is 0.381. The zero-order chi connectivity index (χ0) is 18.2. The molecule has 2 aliphatic rings. The third kappa shape index (κ3) is 3.30. The van der Waals surface area contributed by atoms with Crippen LogP contribution in [0, 0.1) is 5.92 Å². The second kappa shape index (κ2) is 6.93. The van der Waals surface area contributed by atoms with E-state index in [0.717, 1.165) is 73.6 Å². The van der Waals surface area contributed by atoms with Crippen LogP contribution in [0.5, 0.6) is 0 Å². The molecule has 1 aliphatic carbocycles. The molecule has 1 saturated carbocycles. The number of nitrogens with zero attached hydrogens (tertiary/aromatic N) is 4. The van der Waals surface area contributed by atoms with E-state index in [-0.39, 0.29) is 0 Å². The summed E-state index contributed by atoms with van der Waals surface area (Å²) in [5, 5.41) is 5.23. The lowest BCUT2D eigenvalue weighted by Gasteiger charge is -2.24. The second-order valence-electron chi connectivity index (χ2n) is 7.34. The molecule has 2 fully saturated rings. The van der Waals surface area contributed by atoms with E-state index in [2.05, 4.69) is 38.8 Å². The molecule has 0 N–H and O–H groups in total. The number of amides is 1. The average Bonchev–Trinajstić information content (AvgIpc) is 3.46. The molecule has 1 aromatic carbocycles. The van der Waals surface area contributed by atoms with Crippen LogP contribution in [-0.2, 0) is 4.79 Å². The van der Waals surface area contributed by atoms with Crippen LogP contribution in [0.1, 0.15) is 19.3 Å². The van der Waals surface area contributed by atoms with Crippen LogP contribution in [-0.4, -0.2) is 47.0 Å². The molecule has 1 saturated heterocycles. The number of thiophene rings is 1. The fourth-order valence-corrected chi connectivity index (χ4v) is 4.39. The van der Waals surface area contributed by atoms with Gasteiger partial charge in [0.25, 0.3) is 0 Å². The van der Waals surface area contributed by atoms with Gasteiger partial charge in [0.2, 0.25) is 5.91 Å². The van der Waals surface area contributed by atoms with Gasteiger partial charge in [-0.1, -0.05) is 12.1 Å². The molecule has 0 spiro atoms. The van der Waals surface area contributed by atoms with Gasteiger partial charge in [0, 0.05) is 48.4 Å². The maximum absolute atomic E-state index is 12.5. The number of benzene rings is 1. The Morgan fingerprint density at radius 3 is 2.74 bits per heavy atom. The van der Waals surface area contributed by atoms with Gasteiger partial charge >= 0.3 is 0 Å². The van der Waals surface area contributed by atoms with Crippen molar-refractivity contribution in [2.24, 2.45) is 5.92 Å². The summed E-state index contributed by atoms with van der Waals surface area (Å²) < 4.78 is 0. The summed E-state index contributed by atoms with van der Waals surface area (Å²) >= 11 is 1.66. The zero-order valence-corrected chi connectivity index (χ0v) is 16.0. The minimum atomic E-state index is 0.293. The summed E-state index contributed by atoms with van der Waals surface area (Å²) in [6, 6.07) is 10.3. The van der Waals surface area contributed by atoms with E-state index in [1.807, 2.05) is 12.1 Å². The van der Waals surface area contributed by atoms with E-state index < -0.39 is 0 Å². The number of para-hydroxylation sites is 1. The van der Waals surface area contributed by atoms with Crippen molar-refractivity contribution in [3.63, 3.8) is 0 Å². The van der Waals surface area contributed by atoms with Crippen LogP contribution in [0.25, 0.3) is 22.3 Å². The first-order valence-corrected chi connectivity index (χ1v) is 10.6. The van der Waals surface area contributed by atoms with Gasteiger partial charge in [0.15, 0.2) is 5.82 Å². The second-order valence-corrected chi connectivity index (χ2v) is 8.12. The van der Waals surface area contributed by atoms with Crippen molar-refractivity contribution in [1.29, 1.82) is 0 Å². The van der Waals surface area contributed by atoms with Gasteiger partial charge in [0.05, 0.1) is 5.52 Å². The Balaban J connectivity index is 1.49. The monoisotopic (exact) mass is 378 g/mol. The van der Waals surface area contributed by atoms with E-state index in [1.54, 1.807) is 11.3 Å². The van der Waals surface area contributed by atoms with E-state index in [4.69, 9.17) is 9.97 Å². The lowest BCUT2D eigenvalue weighted by atomic mass is 10.2. The van der Waals surface area contributed by atoms with Crippen molar-refractivity contribution in [2.45, 2.75) is 19.3 Å². The molecule has 1 amide bonds. The molecule has 0 unspecified atom stereocenters. The molecule has 0 atom stereocenters. The van der Waals surface area contributed by atoms with Gasteiger partial charge in [0.1, 0.15) is 5.82 Å². The Bertz CT molecular complexity index is 967. The predicted octanol–water partition coefficient (Wildman–Crippen LogP) is 3.81. The topological polar surface area (TPSA) is 49.3 Å². The summed E-state index contributed by atoms with van der Waals surface area (Å²) in [7, 11) is 0. The number of rotatable bonds is 3. The van der Waals surface area contributed by atoms with Gasteiger partial charge < -0.3 is 9.80 Å². The van der Waals surface area contributed by atoms with Crippen LogP contribution in [0.3, 0.4) is 0 Å². The Morgan fingerprint density at radius 1 is 1.04 bits per heavy atom. The highest BCUT2D eigenvalue weighted by Gasteiger charge is 2.34. The van der Waals surface area contributed by atoms with Gasteiger partial charge in [-0.15, -0.1) is 0 Å². The molecule has 1 aliphatic heterocycles. The molecule has 0 bridgehead atoms. The molecule has 5 rings (SSSR count). The van der Waals surface area contributed by atoms with Crippen molar-refractivity contribution >= 4 is 34.0 Å². The number of carbonyl (C=O) groups is 1. The standard InChI is InChI=1S/C21H22N4OS/c26-21(15-6-7-15)25-10-3-9-24(11-12-25)20-17-4-1-2-5-18(17)22-19(23-20)16-8-13-27-14-16/h1-2,4-5,8,13-15H,3,6-7,9-12H2. The van der Waals surface area contributed by atoms with E-state index in [0.29, 0.717) is 11.8 Å². The molecular weight excluding hydrogens is 356 g/mol. The van der Waals surface area contributed by atoms with Crippen LogP contribution in [0.2, 0.25) is 0 Å². The highest BCUT2D eigenvalue weighted by molar-refractivity contribution is 7.08. The van der Waals surface area contributed by atoms with Crippen LogP contribution >= 0.6 is 11.3 Å². The number of aromatic nitrogens is 2. The first kappa shape index (κ1) is 16.7. The highest BCUT2D eigenvalue weighted by atomic mass is 32.1. The SMILES string of the molecule is O=C(C1CC1)N1CCCN(c2nc(-c3ccsc3)nc3ccccc23)CC1. The Labute approximate surface area is 162 Å². The molecule has 2 aromatic heterocycles. The number of anilines is 1. The van der Waals surface area contributed by atoms with E-state index >= 15 is 0 Å². The molecule has 5 nitrogen and oxygen atoms in total. The minimum absolute atomic E-state index is 0.293. The summed E-state index contributed by atoms with van der Waals surface area (Å²) in [5.41, 5.74) is 2.03. The summed E-state index contributed by atoms with van der Waals surface area (Å²) in [4.78, 5) is 26.6. The number of hydrogen-bond donors (Lipinski definition) is 0. The lowest BCUT2D eigenvalue weighted by molar-refractivity contribution is -0.132. The van der Waals surface area contributed by atoms with Crippen LogP contribution < -0.4 is 4.90 Å². The Kier molecular flexibility index (Phi) is 4.28. The fourth-order valence-electron chi connectivity index (χ4n) is 3.76. The van der Waals surface area contributed by atoms with Gasteiger partial charge in [-0.3, -0.25) is 4.79 Å². The van der Waals surface area contributed by atoms with Crippen LogP contribution in [0.15, 0.2) is 41.1 Å². The predicted molar refractivity (Wildman–Crippen MR) is 109 cm³/mol. The summed E-state index contributed by atoms with van der Waals surface area (Å²) in [6.07, 6.45) is 3.11. The molecule has 3 heterocycles. The van der Waals surface area contributed by atoms with Gasteiger partial charge in [-0.25, -0.2) is 9.97 Å². The zero-order valence-electron chi connectivity index (χ0n) is 15.2. The van der Waals surface area contributed by atoms with Crippen molar-refractivity contribution in [2.75, 3.05) is 31.1 Å². The molecular formula is C21H22N4OS. The van der Waals surface area contributed by atoms with E-state index in [1.165, 1.54) is 0 Å². The minimum Gasteiger partial charge on any atom is -0.354 e. The van der Waals surface area contributed by atoms with Crippen LogP contribution in [0.4, 0.5) is 5.82 Å². The first-order valence-electron chi connectivity index (χ1n) is 9.63. The Morgan fingerprint density at radius 2 is 1.93 bits per heavy atom. The third-order valence-corrected chi connectivity index (χ3v) is 6.08. The van der Waals surface area contributed by atoms with E-state index in [9.17, 15) is 4.79 Å². The number of hydrogen-bond acceptors (Lipinski definition) is 5. The number of fused-ring (bicyclic) bond motifs is 1. The largest absolute Gasteiger partial charge is 0.354 e. The summed E-state index contributed by atoms with van der Waals surface area (Å²) in [6.45, 7) is 3.37. The average molecular weight is 379 g/mol. The Hall–Kier alpha value is -2.47. The molecule has 6 heteroatoms. The van der Waals surface area contributed by atoms with Gasteiger partial charge in [-0.05, 0) is 42.8 Å². The number of carbonyl (C=O) groups excluding carboxylic acids is 1. The normalized spacial score (nSPS) is 17.9. The van der Waals surface area contributed by atoms with Crippen molar-refractivity contribution < 1.29 is 4.79 Å². The smallest absolute Gasteiger partial charge is 0.225 e. The van der Waals surface area contributed by atoms with Crippen molar-refractivity contribution in [3.8, 4) is 11.4 Å². The quantitative estimate of drug-likeness (QED) is 0.695. The molecule has 27 heavy (non-hydrogen) atoms. The first-order chi connectivity index (χ1) is 13.3. The molecule has 138 valence electrons. The maximum Gasteiger partial charge on any atom is 0.225 e. The third-order valence-electron chi connectivity index (χ3n) is 5.40. The van der Waals surface area contributed by atoms with Crippen molar-refractivity contribution in [1.82, 2.24) is 14.9 Å². The highest BCUT2D eigenvalue weighted by Crippen LogP contribution is 2.32. The molecule has 3 aromatic rings. The molecule has 0 radical (unpaired) electrons. The van der Waals surface area contributed by atoms with Gasteiger partial charge in [-0.2, -0.15) is 11.3 Å². The summed E-state index contributed by atoms with van der Waals surface area (Å²) in [5.74, 6) is 2.41. The lowest BCUT2D eigenvalue weighted by Crippen LogP contribution is -2.36. The maximum atomic E-state index is 12.5. The van der Waals surface area contributed by atoms with Crippen molar-refractivity contribution in [3.05, 3.63) is 41.1 Å².